The molecule has 19 heavy (non-hydrogen) atoms. The molecule has 2 unspecified atom stereocenters. The van der Waals surface area contributed by atoms with Gasteiger partial charge in [-0.2, -0.15) is 4.98 Å². The molecule has 1 saturated carbocycles. The number of nitrogens with zero attached hydrogens (tertiary/aromatic N) is 3. The van der Waals surface area contributed by atoms with Gasteiger partial charge in [0.1, 0.15) is 5.82 Å². The van der Waals surface area contributed by atoms with Crippen LogP contribution in [0.25, 0.3) is 0 Å². The molecule has 6 heteroatoms. The Hall–Kier alpha value is -0.880. The first-order chi connectivity index (χ1) is 9.29. The highest BCUT2D eigenvalue weighted by molar-refractivity contribution is 9.10. The van der Waals surface area contributed by atoms with Gasteiger partial charge in [0.05, 0.1) is 23.2 Å². The first kappa shape index (κ1) is 13.1. The summed E-state index contributed by atoms with van der Waals surface area (Å²) in [6, 6.07) is 0.467. The normalized spacial score (nSPS) is 26.3. The molecule has 2 atom stereocenters. The first-order valence-electron chi connectivity index (χ1n) is 6.94. The van der Waals surface area contributed by atoms with Gasteiger partial charge >= 0.3 is 0 Å². The van der Waals surface area contributed by atoms with Gasteiger partial charge in [0.25, 0.3) is 0 Å². The van der Waals surface area contributed by atoms with Gasteiger partial charge in [0.15, 0.2) is 0 Å². The number of halogens is 1. The number of ether oxygens (including phenoxy) is 1. The van der Waals surface area contributed by atoms with Crippen molar-refractivity contribution in [3.05, 3.63) is 10.7 Å². The number of fused-ring (bicyclic) bond motifs is 1. The van der Waals surface area contributed by atoms with Crippen molar-refractivity contribution in [3.63, 3.8) is 0 Å². The van der Waals surface area contributed by atoms with Gasteiger partial charge in [-0.25, -0.2) is 4.98 Å². The predicted octanol–water partition coefficient (Wildman–Crippen LogP) is 2.43. The van der Waals surface area contributed by atoms with Crippen LogP contribution in [0, 0.1) is 0 Å². The van der Waals surface area contributed by atoms with Crippen molar-refractivity contribution in [2.75, 3.05) is 29.9 Å². The highest BCUT2D eigenvalue weighted by Crippen LogP contribution is 2.35. The summed E-state index contributed by atoms with van der Waals surface area (Å²) in [7, 11) is 0. The van der Waals surface area contributed by atoms with E-state index in [1.165, 1.54) is 19.3 Å². The van der Waals surface area contributed by atoms with E-state index in [9.17, 15) is 0 Å². The minimum absolute atomic E-state index is 0.373. The fourth-order valence-electron chi connectivity index (χ4n) is 2.99. The Morgan fingerprint density at radius 2 is 2.42 bits per heavy atom. The van der Waals surface area contributed by atoms with Crippen LogP contribution in [0.4, 0.5) is 11.8 Å². The van der Waals surface area contributed by atoms with Crippen molar-refractivity contribution in [2.24, 2.45) is 0 Å². The van der Waals surface area contributed by atoms with Crippen LogP contribution in [0.2, 0.25) is 0 Å². The number of nitrogens with one attached hydrogen (secondary N) is 1. The molecule has 2 fully saturated rings. The molecule has 1 aromatic rings. The number of anilines is 2. The van der Waals surface area contributed by atoms with Crippen molar-refractivity contribution in [1.82, 2.24) is 9.97 Å². The standard InChI is InChI=1S/C13H19BrN4O/c1-2-15-13-16-8-9(14)12(17-13)18-6-7-19-11-5-3-4-10(11)18/h8,10-11H,2-7H2,1H3,(H,15,16,17). The van der Waals surface area contributed by atoms with Crippen LogP contribution in [0.5, 0.6) is 0 Å². The third kappa shape index (κ3) is 2.56. The average Bonchev–Trinajstić information content (AvgIpc) is 2.89. The van der Waals surface area contributed by atoms with E-state index in [0.29, 0.717) is 18.1 Å². The SMILES string of the molecule is CCNc1ncc(Br)c(N2CCOC3CCCC32)n1. The molecule has 3 rings (SSSR count). The molecule has 0 spiro atoms. The van der Waals surface area contributed by atoms with Crippen molar-refractivity contribution in [2.45, 2.75) is 38.3 Å². The number of hydrogen-bond donors (Lipinski definition) is 1. The van der Waals surface area contributed by atoms with Crippen LogP contribution in [0.15, 0.2) is 10.7 Å². The molecule has 2 aliphatic rings. The minimum atomic E-state index is 0.373. The highest BCUT2D eigenvalue weighted by Gasteiger charge is 2.37. The molecule has 1 aliphatic heterocycles. The highest BCUT2D eigenvalue weighted by atomic mass is 79.9. The van der Waals surface area contributed by atoms with E-state index in [-0.39, 0.29) is 0 Å². The van der Waals surface area contributed by atoms with E-state index in [1.807, 2.05) is 13.1 Å². The Balaban J connectivity index is 1.89. The summed E-state index contributed by atoms with van der Waals surface area (Å²) in [6.07, 6.45) is 5.81. The maximum absolute atomic E-state index is 5.86. The van der Waals surface area contributed by atoms with E-state index in [0.717, 1.165) is 30.0 Å². The Morgan fingerprint density at radius 3 is 3.26 bits per heavy atom. The lowest BCUT2D eigenvalue weighted by molar-refractivity contribution is 0.0252. The largest absolute Gasteiger partial charge is 0.374 e. The summed E-state index contributed by atoms with van der Waals surface area (Å²) < 4.78 is 6.82. The van der Waals surface area contributed by atoms with Gasteiger partial charge in [-0.15, -0.1) is 0 Å². The minimum Gasteiger partial charge on any atom is -0.374 e. The zero-order chi connectivity index (χ0) is 13.2. The molecule has 0 radical (unpaired) electrons. The molecular formula is C13H19BrN4O. The van der Waals surface area contributed by atoms with Crippen molar-refractivity contribution < 1.29 is 4.74 Å². The molecule has 0 aromatic carbocycles. The third-order valence-electron chi connectivity index (χ3n) is 3.81. The summed E-state index contributed by atoms with van der Waals surface area (Å²) in [5.74, 6) is 1.69. The lowest BCUT2D eigenvalue weighted by Crippen LogP contribution is -2.49. The van der Waals surface area contributed by atoms with Gasteiger partial charge in [0.2, 0.25) is 5.95 Å². The Kier molecular flexibility index (Phi) is 3.88. The molecule has 1 N–H and O–H groups in total. The monoisotopic (exact) mass is 326 g/mol. The molecule has 1 aromatic heterocycles. The van der Waals surface area contributed by atoms with E-state index in [2.05, 4.69) is 36.1 Å². The van der Waals surface area contributed by atoms with Crippen LogP contribution >= 0.6 is 15.9 Å². The maximum Gasteiger partial charge on any atom is 0.224 e. The smallest absolute Gasteiger partial charge is 0.224 e. The van der Waals surface area contributed by atoms with Crippen LogP contribution in [0.1, 0.15) is 26.2 Å². The Morgan fingerprint density at radius 1 is 1.53 bits per heavy atom. The number of rotatable bonds is 3. The van der Waals surface area contributed by atoms with Crippen LogP contribution < -0.4 is 10.2 Å². The van der Waals surface area contributed by atoms with E-state index in [4.69, 9.17) is 4.74 Å². The second kappa shape index (κ2) is 5.63. The van der Waals surface area contributed by atoms with E-state index >= 15 is 0 Å². The summed E-state index contributed by atoms with van der Waals surface area (Å²) in [4.78, 5) is 11.3. The summed E-state index contributed by atoms with van der Waals surface area (Å²) in [5, 5.41) is 3.17. The average molecular weight is 327 g/mol. The first-order valence-corrected chi connectivity index (χ1v) is 7.73. The van der Waals surface area contributed by atoms with Gasteiger partial charge in [-0.05, 0) is 42.1 Å². The molecular weight excluding hydrogens is 308 g/mol. The molecule has 104 valence electrons. The molecule has 0 bridgehead atoms. The fraction of sp³-hybridized carbons (Fsp3) is 0.692. The lowest BCUT2D eigenvalue weighted by atomic mass is 10.1. The Bertz CT molecular complexity index is 456. The van der Waals surface area contributed by atoms with Gasteiger partial charge in [-0.3, -0.25) is 0 Å². The molecule has 1 saturated heterocycles. The van der Waals surface area contributed by atoms with Crippen LogP contribution in [-0.2, 0) is 4.74 Å². The maximum atomic E-state index is 5.86. The molecule has 1 aliphatic carbocycles. The zero-order valence-corrected chi connectivity index (χ0v) is 12.7. The topological polar surface area (TPSA) is 50.3 Å². The number of morpholine rings is 1. The second-order valence-corrected chi connectivity index (χ2v) is 5.85. The molecule has 5 nitrogen and oxygen atoms in total. The zero-order valence-electron chi connectivity index (χ0n) is 11.1. The molecule has 2 heterocycles. The summed E-state index contributed by atoms with van der Waals surface area (Å²) in [5.41, 5.74) is 0. The van der Waals surface area contributed by atoms with Crippen molar-refractivity contribution >= 4 is 27.7 Å². The van der Waals surface area contributed by atoms with Crippen molar-refractivity contribution in [3.8, 4) is 0 Å². The Labute approximate surface area is 121 Å². The van der Waals surface area contributed by atoms with Gasteiger partial charge in [-0.1, -0.05) is 0 Å². The quantitative estimate of drug-likeness (QED) is 0.924. The predicted molar refractivity (Wildman–Crippen MR) is 78.6 cm³/mol. The fourth-order valence-corrected chi connectivity index (χ4v) is 3.41. The van der Waals surface area contributed by atoms with Crippen LogP contribution in [-0.4, -0.2) is 41.8 Å². The second-order valence-electron chi connectivity index (χ2n) is 5.00. The third-order valence-corrected chi connectivity index (χ3v) is 4.37. The summed E-state index contributed by atoms with van der Waals surface area (Å²) in [6.45, 7) is 4.57. The van der Waals surface area contributed by atoms with Gasteiger partial charge in [0, 0.05) is 19.3 Å². The molecule has 0 amide bonds. The van der Waals surface area contributed by atoms with Crippen LogP contribution in [0.3, 0.4) is 0 Å². The lowest BCUT2D eigenvalue weighted by Gasteiger charge is -2.38. The van der Waals surface area contributed by atoms with Gasteiger partial charge < -0.3 is 15.0 Å². The van der Waals surface area contributed by atoms with E-state index in [1.54, 1.807) is 0 Å². The summed E-state index contributed by atoms with van der Waals surface area (Å²) >= 11 is 3.58. The van der Waals surface area contributed by atoms with Crippen molar-refractivity contribution in [1.29, 1.82) is 0 Å². The number of aromatic nitrogens is 2. The van der Waals surface area contributed by atoms with E-state index < -0.39 is 0 Å². The number of hydrogen-bond acceptors (Lipinski definition) is 5.